The van der Waals surface area contributed by atoms with Gasteiger partial charge in [0.05, 0.1) is 0 Å². The van der Waals surface area contributed by atoms with E-state index < -0.39 is 24.0 Å². The molecule has 2 atom stereocenters. The fourth-order valence-electron chi connectivity index (χ4n) is 5.35. The van der Waals surface area contributed by atoms with Gasteiger partial charge in [0.25, 0.3) is 0 Å². The number of nitrogens with zero attached hydrogens (tertiary/aromatic N) is 2. The van der Waals surface area contributed by atoms with E-state index in [4.69, 9.17) is 23.2 Å². The minimum absolute atomic E-state index is 0.510. The minimum Gasteiger partial charge on any atom is -0.480 e. The predicted octanol–water partition coefficient (Wildman–Crippen LogP) is 7.17. The first-order valence-corrected chi connectivity index (χ1v) is 15.4. The Balaban J connectivity index is 0.000000161. The van der Waals surface area contributed by atoms with E-state index in [9.17, 15) is 19.8 Å². The molecule has 0 bridgehead atoms. The minimum atomic E-state index is -0.850. The van der Waals surface area contributed by atoms with Crippen LogP contribution in [0.4, 0.5) is 0 Å². The normalized spacial score (nSPS) is 16.6. The Kier molecular flexibility index (Phi) is 9.25. The maximum Gasteiger partial charge on any atom is 0.325 e. The smallest absolute Gasteiger partial charge is 0.325 e. The van der Waals surface area contributed by atoms with Crippen LogP contribution in [0.25, 0.3) is 0 Å². The third-order valence-corrected chi connectivity index (χ3v) is 10.0. The van der Waals surface area contributed by atoms with Gasteiger partial charge in [0.15, 0.2) is 0 Å². The summed E-state index contributed by atoms with van der Waals surface area (Å²) >= 11 is 15.8. The van der Waals surface area contributed by atoms with Crippen LogP contribution in [0.1, 0.15) is 44.1 Å². The molecule has 0 spiro atoms. The highest BCUT2D eigenvalue weighted by molar-refractivity contribution is 7.10. The maximum absolute atomic E-state index is 11.7. The Morgan fingerprint density at radius 1 is 0.675 bits per heavy atom. The van der Waals surface area contributed by atoms with Crippen molar-refractivity contribution < 1.29 is 19.8 Å². The number of carbonyl (C=O) groups is 2. The van der Waals surface area contributed by atoms with Crippen molar-refractivity contribution in [2.75, 3.05) is 13.1 Å². The second kappa shape index (κ2) is 12.9. The van der Waals surface area contributed by atoms with Gasteiger partial charge in [-0.15, -0.1) is 22.7 Å². The van der Waals surface area contributed by atoms with E-state index >= 15 is 0 Å². The summed E-state index contributed by atoms with van der Waals surface area (Å²) in [5.74, 6) is -1.70. The second-order valence-electron chi connectivity index (χ2n) is 9.70. The summed E-state index contributed by atoms with van der Waals surface area (Å²) in [4.78, 5) is 30.1. The van der Waals surface area contributed by atoms with Gasteiger partial charge in [-0.2, -0.15) is 0 Å². The molecule has 6 nitrogen and oxygen atoms in total. The number of fused-ring (bicyclic) bond motifs is 2. The summed E-state index contributed by atoms with van der Waals surface area (Å²) in [6, 6.07) is 17.2. The Bertz CT molecular complexity index is 1390. The summed E-state index contributed by atoms with van der Waals surface area (Å²) in [5, 5.41) is 24.4. The lowest BCUT2D eigenvalue weighted by Gasteiger charge is -2.32. The number of thiophene rings is 2. The highest BCUT2D eigenvalue weighted by Gasteiger charge is 2.33. The molecular weight excluding hydrogens is 587 g/mol. The van der Waals surface area contributed by atoms with Crippen LogP contribution in [-0.4, -0.2) is 45.0 Å². The fraction of sp³-hybridized carbons (Fsp3) is 0.267. The Morgan fingerprint density at radius 2 is 1.07 bits per heavy atom. The van der Waals surface area contributed by atoms with E-state index in [-0.39, 0.29) is 0 Å². The van der Waals surface area contributed by atoms with Crippen LogP contribution in [0.3, 0.4) is 0 Å². The van der Waals surface area contributed by atoms with Crippen LogP contribution in [0.5, 0.6) is 0 Å². The van der Waals surface area contributed by atoms with Crippen LogP contribution >= 0.6 is 45.9 Å². The zero-order valence-electron chi connectivity index (χ0n) is 21.5. The van der Waals surface area contributed by atoms with Gasteiger partial charge in [0.1, 0.15) is 12.1 Å². The number of hydrogen-bond donors (Lipinski definition) is 2. The van der Waals surface area contributed by atoms with Gasteiger partial charge in [-0.3, -0.25) is 19.4 Å². The van der Waals surface area contributed by atoms with Crippen molar-refractivity contribution in [3.63, 3.8) is 0 Å². The number of aliphatic carboxylic acids is 2. The molecule has 0 aliphatic carbocycles. The first kappa shape index (κ1) is 28.8. The first-order chi connectivity index (χ1) is 19.3. The van der Waals surface area contributed by atoms with Crippen molar-refractivity contribution in [2.24, 2.45) is 0 Å². The topological polar surface area (TPSA) is 81.1 Å². The summed E-state index contributed by atoms with van der Waals surface area (Å²) in [6.07, 6.45) is 1.81. The molecular formula is C30H28Cl2N2O4S2. The van der Waals surface area contributed by atoms with E-state index in [2.05, 4.69) is 22.9 Å². The van der Waals surface area contributed by atoms with Gasteiger partial charge in [-0.05, 0) is 70.1 Å². The molecule has 4 aromatic rings. The lowest BCUT2D eigenvalue weighted by Crippen LogP contribution is -2.37. The van der Waals surface area contributed by atoms with Gasteiger partial charge in [-0.1, -0.05) is 59.6 Å². The number of rotatable bonds is 6. The molecule has 2 N–H and O–H groups in total. The summed E-state index contributed by atoms with van der Waals surface area (Å²) < 4.78 is 0. The van der Waals surface area contributed by atoms with E-state index in [0.717, 1.165) is 25.9 Å². The van der Waals surface area contributed by atoms with Gasteiger partial charge in [0, 0.05) is 46.0 Å². The Labute approximate surface area is 251 Å². The van der Waals surface area contributed by atoms with Crippen molar-refractivity contribution in [1.29, 1.82) is 0 Å². The van der Waals surface area contributed by atoms with Crippen molar-refractivity contribution in [3.8, 4) is 0 Å². The largest absolute Gasteiger partial charge is 0.480 e. The molecule has 0 fully saturated rings. The van der Waals surface area contributed by atoms with Gasteiger partial charge in [0.2, 0.25) is 0 Å². The van der Waals surface area contributed by atoms with Crippen LogP contribution in [0, 0.1) is 0 Å². The zero-order valence-corrected chi connectivity index (χ0v) is 24.6. The number of benzene rings is 2. The molecule has 208 valence electrons. The van der Waals surface area contributed by atoms with E-state index in [0.29, 0.717) is 34.3 Å². The SMILES string of the molecule is O=C(O)[C@H](c1ccccc1Cl)N1CCc2sccc2C1.O=C(O)[C@H](c1ccccc1Cl)N1CCc2sccc2C1. The van der Waals surface area contributed by atoms with Gasteiger partial charge < -0.3 is 10.2 Å². The molecule has 2 aromatic carbocycles. The van der Waals surface area contributed by atoms with Crippen molar-refractivity contribution in [3.05, 3.63) is 113 Å². The fourth-order valence-corrected chi connectivity index (χ4v) is 7.60. The summed E-state index contributed by atoms with van der Waals surface area (Å²) in [6.45, 7) is 2.83. The lowest BCUT2D eigenvalue weighted by molar-refractivity contribution is -0.145. The highest BCUT2D eigenvalue weighted by atomic mass is 35.5. The zero-order chi connectivity index (χ0) is 28.2. The van der Waals surface area contributed by atoms with E-state index in [1.807, 2.05) is 34.1 Å². The predicted molar refractivity (Wildman–Crippen MR) is 161 cm³/mol. The molecule has 0 unspecified atom stereocenters. The van der Waals surface area contributed by atoms with Crippen LogP contribution in [0.15, 0.2) is 71.4 Å². The molecule has 0 radical (unpaired) electrons. The Hall–Kier alpha value is -2.72. The number of halogens is 2. The average molecular weight is 616 g/mol. The van der Waals surface area contributed by atoms with Gasteiger partial charge in [-0.25, -0.2) is 0 Å². The quantitative estimate of drug-likeness (QED) is 0.240. The summed E-state index contributed by atoms with van der Waals surface area (Å²) in [5.41, 5.74) is 3.81. The van der Waals surface area contributed by atoms with Crippen LogP contribution in [-0.2, 0) is 35.5 Å². The van der Waals surface area contributed by atoms with Gasteiger partial charge >= 0.3 is 11.9 Å². The monoisotopic (exact) mass is 614 g/mol. The number of carboxylic acids is 2. The third-order valence-electron chi connectivity index (χ3n) is 7.27. The van der Waals surface area contributed by atoms with E-state index in [1.165, 1.54) is 20.9 Å². The standard InChI is InChI=1S/2C15H14ClNO2S/c2*16-12-4-2-1-3-11(12)14(15(18)19)17-7-5-13-10(9-17)6-8-20-13/h2*1-4,6,8,14H,5,7,9H2,(H,18,19)/t2*14-/m00/s1. The molecule has 0 saturated heterocycles. The maximum atomic E-state index is 11.7. The van der Waals surface area contributed by atoms with E-state index in [1.54, 1.807) is 46.9 Å². The number of hydrogen-bond acceptors (Lipinski definition) is 6. The lowest BCUT2D eigenvalue weighted by atomic mass is 10.0. The van der Waals surface area contributed by atoms with Crippen molar-refractivity contribution in [1.82, 2.24) is 9.80 Å². The van der Waals surface area contributed by atoms with Crippen molar-refractivity contribution in [2.45, 2.75) is 38.0 Å². The highest BCUT2D eigenvalue weighted by Crippen LogP contribution is 2.34. The third kappa shape index (κ3) is 6.28. The second-order valence-corrected chi connectivity index (χ2v) is 12.5. The molecule has 2 aromatic heterocycles. The van der Waals surface area contributed by atoms with Crippen LogP contribution in [0.2, 0.25) is 10.0 Å². The first-order valence-electron chi connectivity index (χ1n) is 12.9. The number of carboxylic acid groups (broad SMARTS) is 2. The molecule has 0 saturated carbocycles. The summed E-state index contributed by atoms with van der Waals surface area (Å²) in [7, 11) is 0. The average Bonchev–Trinajstić information content (AvgIpc) is 3.60. The van der Waals surface area contributed by atoms with Crippen LogP contribution < -0.4 is 0 Å². The molecule has 10 heteroatoms. The molecule has 2 aliphatic heterocycles. The molecule has 40 heavy (non-hydrogen) atoms. The molecule has 0 amide bonds. The molecule has 6 rings (SSSR count). The molecule has 2 aliphatic rings. The molecule has 4 heterocycles. The Morgan fingerprint density at radius 3 is 1.45 bits per heavy atom. The van der Waals surface area contributed by atoms with Crippen molar-refractivity contribution >= 4 is 57.8 Å².